The number of aromatic nitrogens is 4. The molecule has 1 N–H and O–H groups in total. The molecular weight excluding hydrogens is 448 g/mol. The minimum Gasteiger partial charge on any atom is -0.442 e. The Kier molecular flexibility index (Phi) is 5.85. The third-order valence-corrected chi connectivity index (χ3v) is 7.74. The number of hydrogen-bond acceptors (Lipinski definition) is 10. The van der Waals surface area contributed by atoms with Gasteiger partial charge in [0.2, 0.25) is 5.95 Å². The first-order valence-corrected chi connectivity index (χ1v) is 12.8. The van der Waals surface area contributed by atoms with E-state index in [2.05, 4.69) is 25.3 Å². The van der Waals surface area contributed by atoms with Gasteiger partial charge in [-0.1, -0.05) is 0 Å². The fourth-order valence-corrected chi connectivity index (χ4v) is 5.16. The molecule has 0 spiro atoms. The Morgan fingerprint density at radius 1 is 1.30 bits per heavy atom. The number of nitrogens with zero attached hydrogens (tertiary/aromatic N) is 5. The molecule has 2 aliphatic rings. The zero-order chi connectivity index (χ0) is 24.0. The number of anilines is 3. The van der Waals surface area contributed by atoms with Crippen molar-refractivity contribution in [3.8, 4) is 0 Å². The molecule has 1 aliphatic heterocycles. The van der Waals surface area contributed by atoms with Crippen molar-refractivity contribution < 1.29 is 22.7 Å². The predicted octanol–water partition coefficient (Wildman–Crippen LogP) is 2.46. The molecule has 1 saturated carbocycles. The maximum Gasteiger partial charge on any atom is 0.437 e. The lowest BCUT2D eigenvalue weighted by molar-refractivity contribution is 0.0518. The summed E-state index contributed by atoms with van der Waals surface area (Å²) >= 11 is 0. The lowest BCUT2D eigenvalue weighted by Gasteiger charge is -2.34. The Labute approximate surface area is 193 Å². The molecule has 3 heterocycles. The molecule has 0 aromatic carbocycles. The molecule has 4 rings (SSSR count). The van der Waals surface area contributed by atoms with E-state index in [1.54, 1.807) is 32.9 Å². The highest BCUT2D eigenvalue weighted by atomic mass is 32.2. The van der Waals surface area contributed by atoms with Crippen LogP contribution in [0.1, 0.15) is 46.2 Å². The molecule has 0 bridgehead atoms. The first-order valence-electron chi connectivity index (χ1n) is 10.9. The highest BCUT2D eigenvalue weighted by Crippen LogP contribution is 2.52. The lowest BCUT2D eigenvalue weighted by atomic mass is 10.2. The molecule has 0 radical (unpaired) electrons. The van der Waals surface area contributed by atoms with Gasteiger partial charge in [0.25, 0.3) is 0 Å². The first-order chi connectivity index (χ1) is 15.4. The maximum atomic E-state index is 12.6. The Balaban J connectivity index is 1.72. The third-order valence-electron chi connectivity index (χ3n) is 5.70. The Bertz CT molecular complexity index is 1150. The largest absolute Gasteiger partial charge is 0.442 e. The molecule has 2 aromatic heterocycles. The number of ether oxygens (including phenoxy) is 2. The summed E-state index contributed by atoms with van der Waals surface area (Å²) in [5.74, 6) is 1.10. The van der Waals surface area contributed by atoms with Crippen LogP contribution in [-0.4, -0.2) is 71.9 Å². The molecule has 33 heavy (non-hydrogen) atoms. The highest BCUT2D eigenvalue weighted by Gasteiger charge is 2.55. The van der Waals surface area contributed by atoms with Crippen molar-refractivity contribution in [1.82, 2.24) is 19.7 Å². The summed E-state index contributed by atoms with van der Waals surface area (Å²) in [7, 11) is -3.38. The SMILES string of the molecule is CC1COCCN1c1cc(C2(S(C)(=O)=O)CC2)nc(Nc2ccnn2C(=O)OC(C)(C)C)n1. The van der Waals surface area contributed by atoms with Crippen molar-refractivity contribution in [2.75, 3.05) is 36.2 Å². The Morgan fingerprint density at radius 3 is 2.64 bits per heavy atom. The van der Waals surface area contributed by atoms with Crippen molar-refractivity contribution in [2.45, 2.75) is 56.9 Å². The van der Waals surface area contributed by atoms with Gasteiger partial charge in [0.1, 0.15) is 22.0 Å². The van der Waals surface area contributed by atoms with Gasteiger partial charge in [-0.3, -0.25) is 0 Å². The van der Waals surface area contributed by atoms with E-state index in [1.807, 2.05) is 6.92 Å². The standard InChI is InChI=1S/C21H30N6O5S/c1-14-13-31-11-10-26(14)17-12-15(21(7-8-21)33(5,29)30)23-18(25-17)24-16-6-9-22-27(16)19(28)32-20(2,3)4/h6,9,12,14H,7-8,10-11,13H2,1-5H3,(H,23,24,25). The van der Waals surface area contributed by atoms with Crippen LogP contribution < -0.4 is 10.2 Å². The second-order valence-corrected chi connectivity index (χ2v) is 11.9. The predicted molar refractivity (Wildman–Crippen MR) is 123 cm³/mol. The second kappa shape index (κ2) is 8.24. The summed E-state index contributed by atoms with van der Waals surface area (Å²) in [6.45, 7) is 9.05. The summed E-state index contributed by atoms with van der Waals surface area (Å²) in [6, 6.07) is 3.42. The van der Waals surface area contributed by atoms with Crippen molar-refractivity contribution in [3.05, 3.63) is 24.0 Å². The molecule has 1 saturated heterocycles. The van der Waals surface area contributed by atoms with E-state index in [0.717, 1.165) is 4.68 Å². The Hall–Kier alpha value is -2.73. The molecule has 2 aromatic rings. The molecule has 11 nitrogen and oxygen atoms in total. The summed E-state index contributed by atoms with van der Waals surface area (Å²) < 4.78 is 36.2. The van der Waals surface area contributed by atoms with Gasteiger partial charge in [0.15, 0.2) is 9.84 Å². The number of carbonyl (C=O) groups excluding carboxylic acids is 1. The van der Waals surface area contributed by atoms with Crippen molar-refractivity contribution in [2.24, 2.45) is 0 Å². The van der Waals surface area contributed by atoms with Crippen LogP contribution in [0.15, 0.2) is 18.3 Å². The van der Waals surface area contributed by atoms with Crippen LogP contribution in [0.3, 0.4) is 0 Å². The molecule has 1 aliphatic carbocycles. The third kappa shape index (κ3) is 4.81. The van der Waals surface area contributed by atoms with Gasteiger partial charge in [-0.2, -0.15) is 10.1 Å². The maximum absolute atomic E-state index is 12.6. The van der Waals surface area contributed by atoms with Gasteiger partial charge in [0.05, 0.1) is 31.1 Å². The van der Waals surface area contributed by atoms with Crippen LogP contribution in [0.4, 0.5) is 22.4 Å². The van der Waals surface area contributed by atoms with Crippen LogP contribution in [0, 0.1) is 0 Å². The molecule has 12 heteroatoms. The topological polar surface area (TPSA) is 129 Å². The van der Waals surface area contributed by atoms with Gasteiger partial charge in [-0.05, 0) is 40.5 Å². The van der Waals surface area contributed by atoms with Crippen molar-refractivity contribution in [1.29, 1.82) is 0 Å². The van der Waals surface area contributed by atoms with Crippen molar-refractivity contribution in [3.63, 3.8) is 0 Å². The first kappa shape index (κ1) is 23.4. The second-order valence-electron chi connectivity index (χ2n) is 9.55. The normalized spacial score (nSPS) is 20.4. The number of sulfone groups is 1. The molecule has 2 fully saturated rings. The van der Waals surface area contributed by atoms with Crippen molar-refractivity contribution >= 4 is 33.5 Å². The fourth-order valence-electron chi connectivity index (χ4n) is 3.83. The van der Waals surface area contributed by atoms with Crippen LogP contribution in [0.5, 0.6) is 0 Å². The van der Waals surface area contributed by atoms with Crippen LogP contribution >= 0.6 is 0 Å². The zero-order valence-electron chi connectivity index (χ0n) is 19.5. The lowest BCUT2D eigenvalue weighted by Crippen LogP contribution is -2.44. The van der Waals surface area contributed by atoms with E-state index in [0.29, 0.717) is 49.9 Å². The molecule has 1 atom stereocenters. The van der Waals surface area contributed by atoms with Crippen LogP contribution in [0.25, 0.3) is 0 Å². The number of hydrogen-bond donors (Lipinski definition) is 1. The summed E-state index contributed by atoms with van der Waals surface area (Å²) in [6.07, 6.45) is 3.07. The van der Waals surface area contributed by atoms with Crippen LogP contribution in [0.2, 0.25) is 0 Å². The summed E-state index contributed by atoms with van der Waals surface area (Å²) in [5.41, 5.74) is -0.246. The highest BCUT2D eigenvalue weighted by molar-refractivity contribution is 7.91. The van der Waals surface area contributed by atoms with Gasteiger partial charge in [-0.25, -0.2) is 18.2 Å². The summed E-state index contributed by atoms with van der Waals surface area (Å²) in [4.78, 5) is 23.8. The van der Waals surface area contributed by atoms with E-state index < -0.39 is 26.3 Å². The van der Waals surface area contributed by atoms with Gasteiger partial charge in [0, 0.05) is 24.9 Å². The summed E-state index contributed by atoms with van der Waals surface area (Å²) in [5, 5.41) is 7.07. The smallest absolute Gasteiger partial charge is 0.437 e. The fraction of sp³-hybridized carbons (Fsp3) is 0.619. The van der Waals surface area contributed by atoms with Gasteiger partial charge >= 0.3 is 6.09 Å². The minimum atomic E-state index is -3.38. The molecular formula is C21H30N6O5S. The van der Waals surface area contributed by atoms with E-state index in [4.69, 9.17) is 9.47 Å². The molecule has 0 amide bonds. The number of carbonyl (C=O) groups is 1. The monoisotopic (exact) mass is 478 g/mol. The number of morpholine rings is 1. The number of rotatable bonds is 5. The van der Waals surface area contributed by atoms with E-state index in [1.165, 1.54) is 12.5 Å². The van der Waals surface area contributed by atoms with E-state index in [9.17, 15) is 13.2 Å². The van der Waals surface area contributed by atoms with E-state index in [-0.39, 0.29) is 12.0 Å². The average molecular weight is 479 g/mol. The quantitative estimate of drug-likeness (QED) is 0.684. The minimum absolute atomic E-state index is 0.0648. The number of nitrogens with one attached hydrogen (secondary N) is 1. The molecule has 1 unspecified atom stereocenters. The van der Waals surface area contributed by atoms with Gasteiger partial charge in [-0.15, -0.1) is 4.68 Å². The van der Waals surface area contributed by atoms with E-state index >= 15 is 0 Å². The molecule has 180 valence electrons. The van der Waals surface area contributed by atoms with Gasteiger partial charge < -0.3 is 19.7 Å². The zero-order valence-corrected chi connectivity index (χ0v) is 20.3. The van der Waals surface area contributed by atoms with Crippen LogP contribution in [-0.2, 0) is 24.1 Å². The Morgan fingerprint density at radius 2 is 2.03 bits per heavy atom. The average Bonchev–Trinajstić information content (AvgIpc) is 3.41.